The lowest BCUT2D eigenvalue weighted by atomic mass is 10.3. The quantitative estimate of drug-likeness (QED) is 0.713. The molecule has 0 heterocycles. The first-order valence-corrected chi connectivity index (χ1v) is 4.91. The molecule has 17 heavy (non-hydrogen) atoms. The number of halogens is 1. The lowest BCUT2D eigenvalue weighted by molar-refractivity contribution is -0.138. The zero-order valence-electron chi connectivity index (χ0n) is 9.55. The number of carboxylic acids is 1. The van der Waals surface area contributed by atoms with Crippen LogP contribution in [-0.4, -0.2) is 47.7 Å². The molecule has 0 saturated heterocycles. The zero-order chi connectivity index (χ0) is 12.6. The number of nitrogens with zero attached hydrogens (tertiary/aromatic N) is 1. The van der Waals surface area contributed by atoms with Gasteiger partial charge in [-0.05, 0) is 6.92 Å². The van der Waals surface area contributed by atoms with E-state index < -0.39 is 18.0 Å². The van der Waals surface area contributed by atoms with Crippen LogP contribution in [0.4, 0.5) is 4.79 Å². The van der Waals surface area contributed by atoms with Crippen LogP contribution >= 0.6 is 12.4 Å². The van der Waals surface area contributed by atoms with E-state index in [4.69, 9.17) is 10.8 Å². The van der Waals surface area contributed by atoms with Crippen LogP contribution in [0.1, 0.15) is 19.8 Å². The van der Waals surface area contributed by atoms with Crippen LogP contribution in [-0.2, 0) is 14.3 Å². The number of carbonyl (C=O) groups is 3. The van der Waals surface area contributed by atoms with E-state index in [9.17, 15) is 14.4 Å². The Morgan fingerprint density at radius 3 is 2.29 bits per heavy atom. The SMILES string of the molecule is CCOC(=O)N(CCC(=O)O)C(=O)CCN.Cl. The molecule has 0 radical (unpaired) electrons. The number of ether oxygens (including phenoxy) is 1. The Hall–Kier alpha value is -1.34. The lowest BCUT2D eigenvalue weighted by Gasteiger charge is -2.18. The zero-order valence-corrected chi connectivity index (χ0v) is 10.4. The van der Waals surface area contributed by atoms with E-state index in [0.717, 1.165) is 4.90 Å². The smallest absolute Gasteiger partial charge is 0.416 e. The molecule has 0 aromatic carbocycles. The number of nitrogens with two attached hydrogens (primary N) is 1. The Kier molecular flexibility index (Phi) is 10.5. The number of rotatable bonds is 6. The highest BCUT2D eigenvalue weighted by Crippen LogP contribution is 2.00. The maximum Gasteiger partial charge on any atom is 0.416 e. The standard InChI is InChI=1S/C9H16N2O5.ClH/c1-2-16-9(15)11(6-4-8(13)14)7(12)3-5-10;/h2-6,10H2,1H3,(H,13,14);1H. The monoisotopic (exact) mass is 268 g/mol. The second-order valence-electron chi connectivity index (χ2n) is 2.93. The van der Waals surface area contributed by atoms with Crippen molar-refractivity contribution < 1.29 is 24.2 Å². The minimum absolute atomic E-state index is 0. The third-order valence-electron chi connectivity index (χ3n) is 1.70. The van der Waals surface area contributed by atoms with Crippen LogP contribution in [0.2, 0.25) is 0 Å². The van der Waals surface area contributed by atoms with E-state index in [1.54, 1.807) is 6.92 Å². The van der Waals surface area contributed by atoms with Gasteiger partial charge in [-0.3, -0.25) is 9.59 Å². The van der Waals surface area contributed by atoms with Crippen molar-refractivity contribution in [1.82, 2.24) is 4.90 Å². The van der Waals surface area contributed by atoms with Crippen molar-refractivity contribution in [2.75, 3.05) is 19.7 Å². The molecule has 8 heteroatoms. The lowest BCUT2D eigenvalue weighted by Crippen LogP contribution is -2.39. The van der Waals surface area contributed by atoms with E-state index in [1.165, 1.54) is 0 Å². The average molecular weight is 269 g/mol. The van der Waals surface area contributed by atoms with Crippen LogP contribution in [0.5, 0.6) is 0 Å². The van der Waals surface area contributed by atoms with Gasteiger partial charge in [-0.25, -0.2) is 9.69 Å². The number of imide groups is 1. The van der Waals surface area contributed by atoms with Gasteiger partial charge in [0.15, 0.2) is 0 Å². The van der Waals surface area contributed by atoms with Gasteiger partial charge in [0.05, 0.1) is 13.0 Å². The second-order valence-corrected chi connectivity index (χ2v) is 2.93. The first-order valence-electron chi connectivity index (χ1n) is 4.91. The third-order valence-corrected chi connectivity index (χ3v) is 1.70. The molecule has 0 atom stereocenters. The number of hydrogen-bond acceptors (Lipinski definition) is 5. The molecule has 0 aliphatic rings. The summed E-state index contributed by atoms with van der Waals surface area (Å²) >= 11 is 0. The van der Waals surface area contributed by atoms with Gasteiger partial charge in [0.1, 0.15) is 0 Å². The van der Waals surface area contributed by atoms with Crippen molar-refractivity contribution in [2.24, 2.45) is 5.73 Å². The fraction of sp³-hybridized carbons (Fsp3) is 0.667. The van der Waals surface area contributed by atoms with E-state index >= 15 is 0 Å². The van der Waals surface area contributed by atoms with Gasteiger partial charge in [-0.2, -0.15) is 0 Å². The van der Waals surface area contributed by atoms with Gasteiger partial charge in [0, 0.05) is 19.5 Å². The first kappa shape index (κ1) is 18.0. The molecular formula is C9H17ClN2O5. The molecule has 2 amide bonds. The fourth-order valence-corrected chi connectivity index (χ4v) is 0.985. The van der Waals surface area contributed by atoms with Gasteiger partial charge in [-0.15, -0.1) is 12.4 Å². The molecule has 0 saturated carbocycles. The Bertz CT molecular complexity index is 254. The van der Waals surface area contributed by atoms with Crippen LogP contribution in [0.15, 0.2) is 0 Å². The predicted octanol–water partition coefficient (Wildman–Crippen LogP) is 0.217. The molecule has 0 aromatic rings. The van der Waals surface area contributed by atoms with Crippen LogP contribution in [0, 0.1) is 0 Å². The predicted molar refractivity (Wildman–Crippen MR) is 61.9 cm³/mol. The molecule has 100 valence electrons. The number of carbonyl (C=O) groups excluding carboxylic acids is 2. The number of hydrogen-bond donors (Lipinski definition) is 2. The summed E-state index contributed by atoms with van der Waals surface area (Å²) < 4.78 is 4.64. The summed E-state index contributed by atoms with van der Waals surface area (Å²) in [5.74, 6) is -1.61. The molecule has 0 rings (SSSR count). The van der Waals surface area contributed by atoms with Gasteiger partial charge in [0.2, 0.25) is 5.91 Å². The minimum atomic E-state index is -1.09. The van der Waals surface area contributed by atoms with Crippen molar-refractivity contribution in [3.8, 4) is 0 Å². The molecule has 0 fully saturated rings. The summed E-state index contributed by atoms with van der Waals surface area (Å²) in [6.45, 7) is 1.62. The second kappa shape index (κ2) is 9.86. The van der Waals surface area contributed by atoms with Crippen molar-refractivity contribution in [2.45, 2.75) is 19.8 Å². The van der Waals surface area contributed by atoms with E-state index in [-0.39, 0.29) is 44.9 Å². The third kappa shape index (κ3) is 7.53. The van der Waals surface area contributed by atoms with Gasteiger partial charge in [0.25, 0.3) is 0 Å². The molecule has 0 unspecified atom stereocenters. The van der Waals surface area contributed by atoms with Gasteiger partial charge in [-0.1, -0.05) is 0 Å². The molecule has 0 bridgehead atoms. The molecular weight excluding hydrogens is 252 g/mol. The summed E-state index contributed by atoms with van der Waals surface area (Å²) in [5.41, 5.74) is 5.18. The summed E-state index contributed by atoms with van der Waals surface area (Å²) in [6, 6.07) is 0. The normalized spacial score (nSPS) is 9.06. The highest BCUT2D eigenvalue weighted by Gasteiger charge is 2.22. The summed E-state index contributed by atoms with van der Waals surface area (Å²) in [7, 11) is 0. The Morgan fingerprint density at radius 2 is 1.88 bits per heavy atom. The first-order chi connectivity index (χ1) is 7.52. The van der Waals surface area contributed by atoms with Crippen molar-refractivity contribution in [1.29, 1.82) is 0 Å². The number of amides is 2. The maximum atomic E-state index is 11.4. The maximum absolute atomic E-state index is 11.4. The van der Waals surface area contributed by atoms with Crippen molar-refractivity contribution in [3.63, 3.8) is 0 Å². The summed E-state index contributed by atoms with van der Waals surface area (Å²) in [5, 5.41) is 8.47. The molecule has 0 aliphatic heterocycles. The number of carboxylic acid groups (broad SMARTS) is 1. The fourth-order valence-electron chi connectivity index (χ4n) is 0.985. The van der Waals surface area contributed by atoms with Crippen molar-refractivity contribution in [3.05, 3.63) is 0 Å². The molecule has 0 aliphatic carbocycles. The van der Waals surface area contributed by atoms with E-state index in [1.807, 2.05) is 0 Å². The average Bonchev–Trinajstić information content (AvgIpc) is 2.18. The van der Waals surface area contributed by atoms with Gasteiger partial charge < -0.3 is 15.6 Å². The van der Waals surface area contributed by atoms with Crippen LogP contribution in [0.25, 0.3) is 0 Å². The molecule has 0 spiro atoms. The van der Waals surface area contributed by atoms with Crippen LogP contribution < -0.4 is 5.73 Å². The Morgan fingerprint density at radius 1 is 1.29 bits per heavy atom. The molecule has 3 N–H and O–H groups in total. The Balaban J connectivity index is 0. The summed E-state index contributed by atoms with van der Waals surface area (Å²) in [6.07, 6.45) is -1.16. The topological polar surface area (TPSA) is 110 Å². The van der Waals surface area contributed by atoms with Crippen molar-refractivity contribution >= 4 is 30.4 Å². The molecule has 0 aromatic heterocycles. The minimum Gasteiger partial charge on any atom is -0.481 e. The summed E-state index contributed by atoms with van der Waals surface area (Å²) in [4.78, 5) is 33.9. The van der Waals surface area contributed by atoms with Crippen LogP contribution in [0.3, 0.4) is 0 Å². The number of aliphatic carboxylic acids is 1. The largest absolute Gasteiger partial charge is 0.481 e. The molecule has 7 nitrogen and oxygen atoms in total. The van der Waals surface area contributed by atoms with E-state index in [2.05, 4.69) is 4.74 Å². The highest BCUT2D eigenvalue weighted by atomic mass is 35.5. The Labute approximate surface area is 105 Å². The highest BCUT2D eigenvalue weighted by molar-refractivity contribution is 5.92. The van der Waals surface area contributed by atoms with Gasteiger partial charge >= 0.3 is 12.1 Å². The van der Waals surface area contributed by atoms with E-state index in [0.29, 0.717) is 0 Å².